The van der Waals surface area contributed by atoms with E-state index in [1.807, 2.05) is 12.1 Å². The second kappa shape index (κ2) is 8.11. The standard InChI is InChI=1S/C23H26ClNO3S/c1-2-23(11-14-4-3-5-15(10-14)12-23)22(28)25-18-13-29-20(19(18)21(26)27)16-6-8-17(24)9-7-16/h6-9,13-15H,2-5,10-12H2,1H3,(H,25,28)(H,26,27). The van der Waals surface area contributed by atoms with Gasteiger partial charge in [0.05, 0.1) is 10.6 Å². The molecule has 4 nitrogen and oxygen atoms in total. The van der Waals surface area contributed by atoms with Gasteiger partial charge in [-0.1, -0.05) is 49.9 Å². The number of hydrogen-bond donors (Lipinski definition) is 2. The van der Waals surface area contributed by atoms with Gasteiger partial charge in [-0.3, -0.25) is 4.79 Å². The van der Waals surface area contributed by atoms with Crippen molar-refractivity contribution in [2.75, 3.05) is 5.32 Å². The van der Waals surface area contributed by atoms with Crippen LogP contribution in [-0.4, -0.2) is 17.0 Å². The van der Waals surface area contributed by atoms with Gasteiger partial charge in [-0.05, 0) is 55.2 Å². The molecule has 4 rings (SSSR count). The predicted molar refractivity (Wildman–Crippen MR) is 118 cm³/mol. The van der Waals surface area contributed by atoms with Gasteiger partial charge in [0, 0.05) is 15.8 Å². The maximum absolute atomic E-state index is 13.4. The Kier molecular flexibility index (Phi) is 5.71. The molecule has 0 spiro atoms. The highest BCUT2D eigenvalue weighted by Gasteiger charge is 2.46. The van der Waals surface area contributed by atoms with Gasteiger partial charge < -0.3 is 10.4 Å². The van der Waals surface area contributed by atoms with Gasteiger partial charge in [-0.15, -0.1) is 11.3 Å². The van der Waals surface area contributed by atoms with Crippen LogP contribution in [0.1, 0.15) is 62.2 Å². The zero-order chi connectivity index (χ0) is 20.6. The first-order valence-electron chi connectivity index (χ1n) is 10.3. The fourth-order valence-electron chi connectivity index (χ4n) is 5.33. The van der Waals surface area contributed by atoms with Crippen molar-refractivity contribution in [3.63, 3.8) is 0 Å². The summed E-state index contributed by atoms with van der Waals surface area (Å²) >= 11 is 7.30. The molecule has 29 heavy (non-hydrogen) atoms. The quantitative estimate of drug-likeness (QED) is 0.553. The van der Waals surface area contributed by atoms with Crippen molar-refractivity contribution in [1.82, 2.24) is 0 Å². The van der Waals surface area contributed by atoms with Crippen molar-refractivity contribution in [3.05, 3.63) is 40.2 Å². The highest BCUT2D eigenvalue weighted by molar-refractivity contribution is 7.14. The van der Waals surface area contributed by atoms with E-state index >= 15 is 0 Å². The molecule has 1 aromatic carbocycles. The normalized spacial score (nSPS) is 26.1. The summed E-state index contributed by atoms with van der Waals surface area (Å²) < 4.78 is 0. The van der Waals surface area contributed by atoms with E-state index in [2.05, 4.69) is 12.2 Å². The van der Waals surface area contributed by atoms with Gasteiger partial charge in [0.1, 0.15) is 5.56 Å². The molecule has 1 aromatic heterocycles. The number of rotatable bonds is 5. The lowest BCUT2D eigenvalue weighted by Crippen LogP contribution is -2.44. The molecule has 0 aliphatic heterocycles. The van der Waals surface area contributed by atoms with E-state index in [4.69, 9.17) is 11.6 Å². The fourth-order valence-corrected chi connectivity index (χ4v) is 6.45. The second-order valence-corrected chi connectivity index (χ2v) is 9.88. The molecule has 6 heteroatoms. The monoisotopic (exact) mass is 431 g/mol. The summed E-state index contributed by atoms with van der Waals surface area (Å²) in [6.45, 7) is 2.09. The Labute approximate surface area is 180 Å². The molecule has 2 atom stereocenters. The lowest BCUT2D eigenvalue weighted by molar-refractivity contribution is -0.131. The van der Waals surface area contributed by atoms with E-state index in [1.54, 1.807) is 17.5 Å². The molecular weight excluding hydrogens is 406 g/mol. The first kappa shape index (κ1) is 20.4. The third kappa shape index (κ3) is 3.95. The molecule has 2 aromatic rings. The number of hydrogen-bond acceptors (Lipinski definition) is 3. The van der Waals surface area contributed by atoms with E-state index < -0.39 is 5.97 Å². The van der Waals surface area contributed by atoms with Gasteiger partial charge >= 0.3 is 5.97 Å². The number of halogens is 1. The number of carbonyl (C=O) groups is 2. The number of carboxylic acid groups (broad SMARTS) is 1. The third-order valence-electron chi connectivity index (χ3n) is 6.77. The molecular formula is C23H26ClNO3S. The van der Waals surface area contributed by atoms with E-state index in [1.165, 1.54) is 37.0 Å². The van der Waals surface area contributed by atoms with E-state index in [0.29, 0.717) is 27.4 Å². The molecule has 2 N–H and O–H groups in total. The summed E-state index contributed by atoms with van der Waals surface area (Å²) in [6, 6.07) is 7.10. The molecule has 2 aliphatic carbocycles. The molecule has 0 saturated heterocycles. The highest BCUT2D eigenvalue weighted by Crippen LogP contribution is 2.51. The molecule has 0 radical (unpaired) electrons. The van der Waals surface area contributed by atoms with Gasteiger partial charge in [-0.2, -0.15) is 0 Å². The molecule has 2 saturated carbocycles. The van der Waals surface area contributed by atoms with Gasteiger partial charge in [0.2, 0.25) is 5.91 Å². The maximum atomic E-state index is 13.4. The number of thiophene rings is 1. The summed E-state index contributed by atoms with van der Waals surface area (Å²) in [5, 5.41) is 15.2. The van der Waals surface area contributed by atoms with E-state index in [0.717, 1.165) is 24.8 Å². The third-order valence-corrected chi connectivity index (χ3v) is 8.05. The predicted octanol–water partition coefficient (Wildman–Crippen LogP) is 6.70. The molecule has 1 heterocycles. The number of carboxylic acids is 1. The van der Waals surface area contributed by atoms with Crippen molar-refractivity contribution in [2.24, 2.45) is 17.3 Å². The summed E-state index contributed by atoms with van der Waals surface area (Å²) in [5.41, 5.74) is 0.968. The van der Waals surface area contributed by atoms with Crippen molar-refractivity contribution < 1.29 is 14.7 Å². The van der Waals surface area contributed by atoms with Gasteiger partial charge in [0.15, 0.2) is 0 Å². The van der Waals surface area contributed by atoms with Crippen LogP contribution in [0.2, 0.25) is 5.02 Å². The number of fused-ring (bicyclic) bond motifs is 2. The van der Waals surface area contributed by atoms with E-state index in [9.17, 15) is 14.7 Å². The van der Waals surface area contributed by atoms with Crippen molar-refractivity contribution >= 4 is 40.5 Å². The van der Waals surface area contributed by atoms with Crippen LogP contribution in [0.15, 0.2) is 29.6 Å². The average Bonchev–Trinajstić information content (AvgIpc) is 3.11. The first-order chi connectivity index (χ1) is 13.9. The molecule has 1 amide bonds. The number of nitrogens with one attached hydrogen (secondary N) is 1. The van der Waals surface area contributed by atoms with Crippen LogP contribution in [0.25, 0.3) is 10.4 Å². The first-order valence-corrected chi connectivity index (χ1v) is 11.6. The zero-order valence-corrected chi connectivity index (χ0v) is 18.1. The topological polar surface area (TPSA) is 66.4 Å². The van der Waals surface area contributed by atoms with Crippen LogP contribution in [-0.2, 0) is 4.79 Å². The highest BCUT2D eigenvalue weighted by atomic mass is 35.5. The van der Waals surface area contributed by atoms with Crippen LogP contribution in [0, 0.1) is 17.3 Å². The van der Waals surface area contributed by atoms with Crippen LogP contribution in [0.4, 0.5) is 5.69 Å². The number of anilines is 1. The lowest BCUT2D eigenvalue weighted by atomic mass is 9.59. The van der Waals surface area contributed by atoms with Crippen LogP contribution in [0.3, 0.4) is 0 Å². The minimum Gasteiger partial charge on any atom is -0.478 e. The van der Waals surface area contributed by atoms with Crippen LogP contribution < -0.4 is 5.32 Å². The summed E-state index contributed by atoms with van der Waals surface area (Å²) in [5.74, 6) is 0.204. The molecule has 2 aliphatic rings. The van der Waals surface area contributed by atoms with Crippen LogP contribution >= 0.6 is 22.9 Å². The Morgan fingerprint density at radius 1 is 1.21 bits per heavy atom. The minimum atomic E-state index is -1.03. The van der Waals surface area contributed by atoms with Crippen molar-refractivity contribution in [3.8, 4) is 10.4 Å². The number of carbonyl (C=O) groups excluding carboxylic acids is 1. The Morgan fingerprint density at radius 2 is 1.86 bits per heavy atom. The van der Waals surface area contributed by atoms with Crippen molar-refractivity contribution in [1.29, 1.82) is 0 Å². The molecule has 2 fully saturated rings. The maximum Gasteiger partial charge on any atom is 0.339 e. The van der Waals surface area contributed by atoms with E-state index in [-0.39, 0.29) is 16.9 Å². The number of aromatic carboxylic acids is 1. The second-order valence-electron chi connectivity index (χ2n) is 8.56. The fraction of sp³-hybridized carbons (Fsp3) is 0.478. The molecule has 2 unspecified atom stereocenters. The Morgan fingerprint density at radius 3 is 2.45 bits per heavy atom. The smallest absolute Gasteiger partial charge is 0.339 e. The Bertz CT molecular complexity index is 909. The van der Waals surface area contributed by atoms with Crippen LogP contribution in [0.5, 0.6) is 0 Å². The molecule has 2 bridgehead atoms. The number of benzene rings is 1. The van der Waals surface area contributed by atoms with Crippen molar-refractivity contribution in [2.45, 2.75) is 51.9 Å². The largest absolute Gasteiger partial charge is 0.478 e. The SMILES string of the molecule is CCC1(C(=O)Nc2csc(-c3ccc(Cl)cc3)c2C(=O)O)CC2CCCC(C2)C1. The zero-order valence-electron chi connectivity index (χ0n) is 16.5. The Balaban J connectivity index is 1.62. The average molecular weight is 432 g/mol. The summed E-state index contributed by atoms with van der Waals surface area (Å²) in [7, 11) is 0. The summed E-state index contributed by atoms with van der Waals surface area (Å²) in [4.78, 5) is 26.1. The number of amides is 1. The summed E-state index contributed by atoms with van der Waals surface area (Å²) in [6.07, 6.45) is 7.58. The Hall–Kier alpha value is -1.85. The lowest BCUT2D eigenvalue weighted by Gasteiger charge is -2.46. The van der Waals surface area contributed by atoms with Gasteiger partial charge in [0.25, 0.3) is 0 Å². The minimum absolute atomic E-state index is 0.0143. The van der Waals surface area contributed by atoms with Gasteiger partial charge in [-0.25, -0.2) is 4.79 Å². The molecule has 154 valence electrons.